The summed E-state index contributed by atoms with van der Waals surface area (Å²) in [5, 5.41) is 3.09. The lowest BCUT2D eigenvalue weighted by atomic mass is 9.65. The molecule has 1 aromatic rings. The minimum atomic E-state index is 0.175. The first-order chi connectivity index (χ1) is 9.74. The molecule has 3 nitrogen and oxygen atoms in total. The summed E-state index contributed by atoms with van der Waals surface area (Å²) in [5.74, 6) is 1.52. The molecule has 2 saturated carbocycles. The van der Waals surface area contributed by atoms with Crippen LogP contribution in [0.3, 0.4) is 0 Å². The number of carbonyl (C=O) groups excluding carboxylic acids is 1. The van der Waals surface area contributed by atoms with Crippen molar-refractivity contribution in [1.29, 1.82) is 0 Å². The summed E-state index contributed by atoms with van der Waals surface area (Å²) < 4.78 is 0. The lowest BCUT2D eigenvalue weighted by Crippen LogP contribution is -2.49. The number of fused-ring (bicyclic) bond motifs is 2. The largest absolute Gasteiger partial charge is 0.352 e. The molecule has 2 aliphatic carbocycles. The molecule has 3 rings (SSSR count). The fourth-order valence-corrected chi connectivity index (χ4v) is 3.93. The zero-order valence-corrected chi connectivity index (χ0v) is 11.9. The van der Waals surface area contributed by atoms with Gasteiger partial charge in [0.2, 0.25) is 5.91 Å². The van der Waals surface area contributed by atoms with Crippen molar-refractivity contribution in [3.63, 3.8) is 0 Å². The van der Waals surface area contributed by atoms with Crippen LogP contribution in [0.5, 0.6) is 0 Å². The van der Waals surface area contributed by atoms with Gasteiger partial charge >= 0.3 is 0 Å². The molecular formula is C17H24N2O. The lowest BCUT2D eigenvalue weighted by Gasteiger charge is -2.43. The molecule has 3 N–H and O–H groups in total. The summed E-state index contributed by atoms with van der Waals surface area (Å²) in [6.07, 6.45) is 5.68. The van der Waals surface area contributed by atoms with Crippen molar-refractivity contribution >= 4 is 5.91 Å². The van der Waals surface area contributed by atoms with Crippen molar-refractivity contribution in [2.75, 3.05) is 0 Å². The van der Waals surface area contributed by atoms with Gasteiger partial charge in [0.1, 0.15) is 0 Å². The molecule has 2 atom stereocenters. The summed E-state index contributed by atoms with van der Waals surface area (Å²) in [5.41, 5.74) is 7.44. The van der Waals surface area contributed by atoms with Crippen LogP contribution < -0.4 is 11.1 Å². The van der Waals surface area contributed by atoms with Gasteiger partial charge in [-0.15, -0.1) is 0 Å². The van der Waals surface area contributed by atoms with Crippen molar-refractivity contribution < 1.29 is 4.79 Å². The molecule has 1 amide bonds. The van der Waals surface area contributed by atoms with Gasteiger partial charge in [-0.1, -0.05) is 36.8 Å². The van der Waals surface area contributed by atoms with Crippen LogP contribution in [0.25, 0.3) is 0 Å². The van der Waals surface area contributed by atoms with Gasteiger partial charge in [0.15, 0.2) is 0 Å². The maximum absolute atomic E-state index is 12.4. The fourth-order valence-electron chi connectivity index (χ4n) is 3.93. The molecular weight excluding hydrogens is 248 g/mol. The SMILES string of the molecule is NC1C2CCCC1CC(C(=O)NCc1ccccc1)C2. The van der Waals surface area contributed by atoms with Crippen molar-refractivity contribution in [3.8, 4) is 0 Å². The van der Waals surface area contributed by atoms with Gasteiger partial charge in [-0.2, -0.15) is 0 Å². The lowest BCUT2D eigenvalue weighted by molar-refractivity contribution is -0.128. The number of carbonyl (C=O) groups is 1. The third-order valence-electron chi connectivity index (χ3n) is 5.09. The summed E-state index contributed by atoms with van der Waals surface area (Å²) in [6, 6.07) is 10.4. The van der Waals surface area contributed by atoms with E-state index in [2.05, 4.69) is 5.32 Å². The second-order valence-electron chi connectivity index (χ2n) is 6.40. The van der Waals surface area contributed by atoms with Gasteiger partial charge in [-0.25, -0.2) is 0 Å². The molecule has 0 radical (unpaired) electrons. The molecule has 2 unspecified atom stereocenters. The van der Waals surface area contributed by atoms with E-state index in [0.29, 0.717) is 24.4 Å². The van der Waals surface area contributed by atoms with Crippen molar-refractivity contribution in [3.05, 3.63) is 35.9 Å². The minimum Gasteiger partial charge on any atom is -0.352 e. The van der Waals surface area contributed by atoms with Gasteiger partial charge in [0.05, 0.1) is 0 Å². The average Bonchev–Trinajstić information content (AvgIpc) is 2.45. The third kappa shape index (κ3) is 2.88. The molecule has 0 aromatic heterocycles. The molecule has 1 aromatic carbocycles. The number of hydrogen-bond acceptors (Lipinski definition) is 2. The Hall–Kier alpha value is -1.35. The normalized spacial score (nSPS) is 32.6. The predicted molar refractivity (Wildman–Crippen MR) is 79.8 cm³/mol. The van der Waals surface area contributed by atoms with E-state index >= 15 is 0 Å². The van der Waals surface area contributed by atoms with E-state index in [0.717, 1.165) is 18.4 Å². The Kier molecular flexibility index (Phi) is 4.06. The molecule has 0 aliphatic heterocycles. The average molecular weight is 272 g/mol. The number of hydrogen-bond donors (Lipinski definition) is 2. The van der Waals surface area contributed by atoms with E-state index < -0.39 is 0 Å². The summed E-state index contributed by atoms with van der Waals surface area (Å²) in [6.45, 7) is 0.636. The summed E-state index contributed by atoms with van der Waals surface area (Å²) in [4.78, 5) is 12.4. The zero-order valence-electron chi connectivity index (χ0n) is 11.9. The first-order valence-electron chi connectivity index (χ1n) is 7.81. The van der Waals surface area contributed by atoms with E-state index in [1.54, 1.807) is 0 Å². The first-order valence-corrected chi connectivity index (χ1v) is 7.81. The molecule has 3 heteroatoms. The number of rotatable bonds is 3. The number of nitrogens with two attached hydrogens (primary N) is 1. The molecule has 0 heterocycles. The Morgan fingerprint density at radius 2 is 1.80 bits per heavy atom. The fraction of sp³-hybridized carbons (Fsp3) is 0.588. The summed E-state index contributed by atoms with van der Waals surface area (Å²) in [7, 11) is 0. The van der Waals surface area contributed by atoms with Gasteiger partial charge < -0.3 is 11.1 Å². The summed E-state index contributed by atoms with van der Waals surface area (Å²) >= 11 is 0. The zero-order chi connectivity index (χ0) is 13.9. The Labute approximate surface area is 120 Å². The molecule has 108 valence electrons. The highest BCUT2D eigenvalue weighted by Crippen LogP contribution is 2.41. The van der Waals surface area contributed by atoms with Gasteiger partial charge in [-0.05, 0) is 43.1 Å². The molecule has 0 spiro atoms. The maximum atomic E-state index is 12.4. The first kappa shape index (κ1) is 13.6. The third-order valence-corrected chi connectivity index (χ3v) is 5.09. The highest BCUT2D eigenvalue weighted by Gasteiger charge is 2.40. The second kappa shape index (κ2) is 5.96. The molecule has 2 bridgehead atoms. The predicted octanol–water partition coefficient (Wildman–Crippen LogP) is 2.46. The van der Waals surface area contributed by atoms with Crippen molar-refractivity contribution in [2.24, 2.45) is 23.5 Å². The van der Waals surface area contributed by atoms with Crippen LogP contribution >= 0.6 is 0 Å². The van der Waals surface area contributed by atoms with E-state index in [4.69, 9.17) is 5.73 Å². The van der Waals surface area contributed by atoms with Gasteiger partial charge in [0, 0.05) is 18.5 Å². The van der Waals surface area contributed by atoms with Gasteiger partial charge in [0.25, 0.3) is 0 Å². The quantitative estimate of drug-likeness (QED) is 0.888. The monoisotopic (exact) mass is 272 g/mol. The van der Waals surface area contributed by atoms with E-state index in [-0.39, 0.29) is 11.8 Å². The Morgan fingerprint density at radius 1 is 1.15 bits per heavy atom. The topological polar surface area (TPSA) is 55.1 Å². The van der Waals surface area contributed by atoms with Crippen molar-refractivity contribution in [1.82, 2.24) is 5.32 Å². The molecule has 20 heavy (non-hydrogen) atoms. The van der Waals surface area contributed by atoms with E-state index in [1.807, 2.05) is 30.3 Å². The Balaban J connectivity index is 1.55. The Morgan fingerprint density at radius 3 is 2.45 bits per heavy atom. The van der Waals surface area contributed by atoms with Crippen LogP contribution in [0.2, 0.25) is 0 Å². The highest BCUT2D eigenvalue weighted by molar-refractivity contribution is 5.78. The molecule has 2 fully saturated rings. The standard InChI is InChI=1S/C17H24N2O/c18-16-13-7-4-8-14(16)10-15(9-13)17(20)19-11-12-5-2-1-3-6-12/h1-3,5-6,13-16H,4,7-11,18H2,(H,19,20). The van der Waals surface area contributed by atoms with Crippen LogP contribution in [-0.4, -0.2) is 11.9 Å². The molecule has 2 aliphatic rings. The maximum Gasteiger partial charge on any atom is 0.223 e. The van der Waals surface area contributed by atoms with E-state index in [9.17, 15) is 4.79 Å². The molecule has 0 saturated heterocycles. The van der Waals surface area contributed by atoms with Crippen LogP contribution in [0.1, 0.15) is 37.7 Å². The minimum absolute atomic E-state index is 0.175. The van der Waals surface area contributed by atoms with Crippen LogP contribution in [0, 0.1) is 17.8 Å². The van der Waals surface area contributed by atoms with Crippen LogP contribution in [-0.2, 0) is 11.3 Å². The van der Waals surface area contributed by atoms with Crippen LogP contribution in [0.4, 0.5) is 0 Å². The van der Waals surface area contributed by atoms with Crippen LogP contribution in [0.15, 0.2) is 30.3 Å². The Bertz CT molecular complexity index is 445. The van der Waals surface area contributed by atoms with Crippen molar-refractivity contribution in [2.45, 2.75) is 44.7 Å². The smallest absolute Gasteiger partial charge is 0.223 e. The number of amides is 1. The highest BCUT2D eigenvalue weighted by atomic mass is 16.1. The number of nitrogens with one attached hydrogen (secondary N) is 1. The van der Waals surface area contributed by atoms with E-state index in [1.165, 1.54) is 19.3 Å². The number of benzene rings is 1. The second-order valence-corrected chi connectivity index (χ2v) is 6.40. The van der Waals surface area contributed by atoms with Gasteiger partial charge in [-0.3, -0.25) is 4.79 Å².